The van der Waals surface area contributed by atoms with E-state index >= 15 is 0 Å². The summed E-state index contributed by atoms with van der Waals surface area (Å²) < 4.78 is 0. The summed E-state index contributed by atoms with van der Waals surface area (Å²) in [4.78, 5) is 2.36. The molecule has 0 bridgehead atoms. The first-order valence-electron chi connectivity index (χ1n) is 20.2. The van der Waals surface area contributed by atoms with Crippen LogP contribution in [-0.4, -0.2) is 0 Å². The topological polar surface area (TPSA) is 3.24 Å². The van der Waals surface area contributed by atoms with E-state index in [1.807, 2.05) is 0 Å². The summed E-state index contributed by atoms with van der Waals surface area (Å²) in [6.07, 6.45) is 0. The molecular formula is C58H41N. The van der Waals surface area contributed by atoms with E-state index in [4.69, 9.17) is 0 Å². The number of anilines is 3. The summed E-state index contributed by atoms with van der Waals surface area (Å²) in [6, 6.07) is 89.7. The third kappa shape index (κ3) is 7.46. The molecule has 0 aliphatic carbocycles. The molecular weight excluding hydrogens is 711 g/mol. The van der Waals surface area contributed by atoms with Gasteiger partial charge in [-0.15, -0.1) is 0 Å². The highest BCUT2D eigenvalue weighted by atomic mass is 15.1. The third-order valence-corrected chi connectivity index (χ3v) is 11.3. The summed E-state index contributed by atoms with van der Waals surface area (Å²) in [5.74, 6) is 0. The van der Waals surface area contributed by atoms with Crippen molar-refractivity contribution in [3.63, 3.8) is 0 Å². The molecule has 0 N–H and O–H groups in total. The van der Waals surface area contributed by atoms with Crippen molar-refractivity contribution in [3.05, 3.63) is 249 Å². The van der Waals surface area contributed by atoms with Crippen LogP contribution in [-0.2, 0) is 0 Å². The summed E-state index contributed by atoms with van der Waals surface area (Å²) in [6.45, 7) is 0. The zero-order chi connectivity index (χ0) is 39.4. The molecule has 0 radical (unpaired) electrons. The molecule has 278 valence electrons. The Kier molecular flexibility index (Phi) is 9.68. The molecule has 0 saturated heterocycles. The average molecular weight is 752 g/mol. The van der Waals surface area contributed by atoms with Gasteiger partial charge in [0, 0.05) is 17.1 Å². The van der Waals surface area contributed by atoms with Crippen molar-refractivity contribution in [1.82, 2.24) is 0 Å². The van der Waals surface area contributed by atoms with Crippen LogP contribution in [0.2, 0.25) is 0 Å². The normalized spacial score (nSPS) is 11.1. The molecule has 0 atom stereocenters. The SMILES string of the molecule is c1ccc(-c2cccc(N(c3ccc(-c4ccc(-c5cccc(-c6ccc7ccccc7c6)c5)cc4)cc3)c3ccc(-c4ccccc4-c4ccccc4)cc3)c2)cc1. The van der Waals surface area contributed by atoms with Crippen LogP contribution in [0.1, 0.15) is 0 Å². The maximum atomic E-state index is 2.36. The molecule has 0 aliphatic heterocycles. The fourth-order valence-electron chi connectivity index (χ4n) is 8.20. The predicted octanol–water partition coefficient (Wildman–Crippen LogP) is 16.3. The molecule has 0 unspecified atom stereocenters. The van der Waals surface area contributed by atoms with Crippen LogP contribution in [0.25, 0.3) is 77.5 Å². The molecule has 0 aliphatic rings. The molecule has 0 amide bonds. The van der Waals surface area contributed by atoms with E-state index in [9.17, 15) is 0 Å². The second kappa shape index (κ2) is 16.0. The highest BCUT2D eigenvalue weighted by molar-refractivity contribution is 5.89. The maximum Gasteiger partial charge on any atom is 0.0467 e. The second-order valence-electron chi connectivity index (χ2n) is 15.0. The molecule has 1 heteroatoms. The van der Waals surface area contributed by atoms with E-state index < -0.39 is 0 Å². The van der Waals surface area contributed by atoms with Gasteiger partial charge in [-0.25, -0.2) is 0 Å². The molecule has 10 rings (SSSR count). The summed E-state index contributed by atoms with van der Waals surface area (Å²) in [7, 11) is 0. The van der Waals surface area contributed by atoms with Gasteiger partial charge >= 0.3 is 0 Å². The average Bonchev–Trinajstić information content (AvgIpc) is 3.33. The fraction of sp³-hybridized carbons (Fsp3) is 0. The van der Waals surface area contributed by atoms with Gasteiger partial charge < -0.3 is 4.90 Å². The quantitative estimate of drug-likeness (QED) is 0.142. The summed E-state index contributed by atoms with van der Waals surface area (Å²) >= 11 is 0. The van der Waals surface area contributed by atoms with Gasteiger partial charge in [-0.05, 0) is 126 Å². The standard InChI is InChI=1S/C58H41N/c1-3-13-42(14-4-1)52-21-12-22-56(41-52)59(55-37-33-48(34-38-55)58-24-10-9-23-57(58)47-16-5-2-6-17-47)54-35-31-45(32-36-54)44-25-27-46(28-26-44)50-19-11-20-51(39-50)53-30-29-43-15-7-8-18-49(43)40-53/h1-41H. The zero-order valence-corrected chi connectivity index (χ0v) is 32.6. The van der Waals surface area contributed by atoms with Crippen LogP contribution in [0.3, 0.4) is 0 Å². The van der Waals surface area contributed by atoms with Gasteiger partial charge in [0.05, 0.1) is 0 Å². The first-order valence-corrected chi connectivity index (χ1v) is 20.2. The van der Waals surface area contributed by atoms with Crippen LogP contribution in [0.5, 0.6) is 0 Å². The lowest BCUT2D eigenvalue weighted by Crippen LogP contribution is -2.10. The minimum atomic E-state index is 1.10. The van der Waals surface area contributed by atoms with Crippen molar-refractivity contribution in [3.8, 4) is 66.8 Å². The molecule has 10 aromatic carbocycles. The molecule has 0 aromatic heterocycles. The molecule has 10 aromatic rings. The number of fused-ring (bicyclic) bond motifs is 1. The first kappa shape index (κ1) is 35.7. The molecule has 0 spiro atoms. The summed E-state index contributed by atoms with van der Waals surface area (Å²) in [5.41, 5.74) is 17.7. The number of nitrogens with zero attached hydrogens (tertiary/aromatic N) is 1. The molecule has 0 heterocycles. The van der Waals surface area contributed by atoms with E-state index in [2.05, 4.69) is 254 Å². The Morgan fingerprint density at radius 1 is 0.186 bits per heavy atom. The number of rotatable bonds is 9. The van der Waals surface area contributed by atoms with Crippen LogP contribution in [0.4, 0.5) is 17.1 Å². The smallest absolute Gasteiger partial charge is 0.0467 e. The Balaban J connectivity index is 0.959. The van der Waals surface area contributed by atoms with E-state index in [-0.39, 0.29) is 0 Å². The van der Waals surface area contributed by atoms with Crippen LogP contribution < -0.4 is 4.90 Å². The van der Waals surface area contributed by atoms with Crippen molar-refractivity contribution in [2.24, 2.45) is 0 Å². The van der Waals surface area contributed by atoms with Crippen LogP contribution >= 0.6 is 0 Å². The molecule has 0 fully saturated rings. The van der Waals surface area contributed by atoms with Crippen LogP contribution in [0, 0.1) is 0 Å². The van der Waals surface area contributed by atoms with E-state index in [0.717, 1.165) is 17.1 Å². The Labute approximate surface area is 346 Å². The second-order valence-corrected chi connectivity index (χ2v) is 15.0. The third-order valence-electron chi connectivity index (χ3n) is 11.3. The van der Waals surface area contributed by atoms with E-state index in [1.54, 1.807) is 0 Å². The van der Waals surface area contributed by atoms with Gasteiger partial charge in [0.2, 0.25) is 0 Å². The molecule has 59 heavy (non-hydrogen) atoms. The predicted molar refractivity (Wildman–Crippen MR) is 251 cm³/mol. The van der Waals surface area contributed by atoms with Crippen molar-refractivity contribution in [2.75, 3.05) is 4.90 Å². The lowest BCUT2D eigenvalue weighted by Gasteiger charge is -2.26. The van der Waals surface area contributed by atoms with Crippen molar-refractivity contribution >= 4 is 27.8 Å². The van der Waals surface area contributed by atoms with Crippen molar-refractivity contribution < 1.29 is 0 Å². The van der Waals surface area contributed by atoms with Crippen LogP contribution in [0.15, 0.2) is 249 Å². The van der Waals surface area contributed by atoms with Gasteiger partial charge in [0.1, 0.15) is 0 Å². The van der Waals surface area contributed by atoms with Crippen molar-refractivity contribution in [2.45, 2.75) is 0 Å². The van der Waals surface area contributed by atoms with Gasteiger partial charge in [-0.1, -0.05) is 200 Å². The minimum absolute atomic E-state index is 1.10. The monoisotopic (exact) mass is 751 g/mol. The van der Waals surface area contributed by atoms with E-state index in [0.29, 0.717) is 0 Å². The lowest BCUT2D eigenvalue weighted by atomic mass is 9.94. The lowest BCUT2D eigenvalue weighted by molar-refractivity contribution is 1.28. The number of benzene rings is 10. The Morgan fingerprint density at radius 3 is 1.19 bits per heavy atom. The fourth-order valence-corrected chi connectivity index (χ4v) is 8.20. The minimum Gasteiger partial charge on any atom is -0.310 e. The number of hydrogen-bond donors (Lipinski definition) is 0. The summed E-state index contributed by atoms with van der Waals surface area (Å²) in [5, 5.41) is 2.52. The van der Waals surface area contributed by atoms with Gasteiger partial charge in [-0.3, -0.25) is 0 Å². The van der Waals surface area contributed by atoms with E-state index in [1.165, 1.54) is 77.5 Å². The Bertz CT molecular complexity index is 3000. The highest BCUT2D eigenvalue weighted by Crippen LogP contribution is 2.40. The first-order chi connectivity index (χ1) is 29.2. The van der Waals surface area contributed by atoms with Gasteiger partial charge in [0.15, 0.2) is 0 Å². The maximum absolute atomic E-state index is 2.36. The Morgan fingerprint density at radius 2 is 0.559 bits per heavy atom. The largest absolute Gasteiger partial charge is 0.310 e. The van der Waals surface area contributed by atoms with Gasteiger partial charge in [0.25, 0.3) is 0 Å². The molecule has 1 nitrogen and oxygen atoms in total. The van der Waals surface area contributed by atoms with Crippen molar-refractivity contribution in [1.29, 1.82) is 0 Å². The Hall–Kier alpha value is -7.74. The number of hydrogen-bond acceptors (Lipinski definition) is 1. The highest BCUT2D eigenvalue weighted by Gasteiger charge is 2.15. The molecule has 0 saturated carbocycles. The van der Waals surface area contributed by atoms with Gasteiger partial charge in [-0.2, -0.15) is 0 Å². The zero-order valence-electron chi connectivity index (χ0n) is 32.6.